The van der Waals surface area contributed by atoms with E-state index in [1.807, 2.05) is 0 Å². The minimum atomic E-state index is -0.890. The van der Waals surface area contributed by atoms with Crippen molar-refractivity contribution < 1.29 is 4.43 Å². The Balaban J connectivity index is 3.59. The maximum absolute atomic E-state index is 5.55. The molecule has 0 rings (SSSR count). The van der Waals surface area contributed by atoms with Crippen molar-refractivity contribution in [3.8, 4) is 0 Å². The predicted molar refractivity (Wildman–Crippen MR) is 44.4 cm³/mol. The minimum Gasteiger partial charge on any atom is -0.420 e. The summed E-state index contributed by atoms with van der Waals surface area (Å²) >= 11 is 0. The molecule has 0 fully saturated rings. The van der Waals surface area contributed by atoms with Gasteiger partial charge in [-0.25, -0.2) is 0 Å². The van der Waals surface area contributed by atoms with Gasteiger partial charge >= 0.3 is 0 Å². The first kappa shape index (κ1) is 9.18. The van der Waals surface area contributed by atoms with Crippen molar-refractivity contribution in [1.29, 1.82) is 0 Å². The van der Waals surface area contributed by atoms with Gasteiger partial charge in [-0.3, -0.25) is 0 Å². The third kappa shape index (κ3) is 3.70. The van der Waals surface area contributed by atoms with Crippen molar-refractivity contribution in [2.75, 3.05) is 6.61 Å². The van der Waals surface area contributed by atoms with E-state index < -0.39 is 9.04 Å². The topological polar surface area (TPSA) is 9.23 Å². The highest BCUT2D eigenvalue weighted by atomic mass is 28.3. The van der Waals surface area contributed by atoms with Crippen molar-refractivity contribution in [3.63, 3.8) is 0 Å². The SMILES string of the molecule is CCO[Si@H](C)C(C)(C)C. The molecule has 0 aromatic rings. The fourth-order valence-electron chi connectivity index (χ4n) is 0.500. The Morgan fingerprint density at radius 3 is 1.89 bits per heavy atom. The molecule has 0 aromatic heterocycles. The van der Waals surface area contributed by atoms with Crippen LogP contribution in [0.1, 0.15) is 27.7 Å². The van der Waals surface area contributed by atoms with E-state index in [-0.39, 0.29) is 0 Å². The van der Waals surface area contributed by atoms with Gasteiger partial charge in [-0.2, -0.15) is 0 Å². The third-order valence-corrected chi connectivity index (χ3v) is 4.91. The third-order valence-electron chi connectivity index (χ3n) is 1.64. The Labute approximate surface area is 60.1 Å². The van der Waals surface area contributed by atoms with Crippen molar-refractivity contribution in [2.45, 2.75) is 39.3 Å². The number of hydrogen-bond acceptors (Lipinski definition) is 1. The summed E-state index contributed by atoms with van der Waals surface area (Å²) in [6.07, 6.45) is 0. The lowest BCUT2D eigenvalue weighted by molar-refractivity contribution is 0.327. The lowest BCUT2D eigenvalue weighted by atomic mass is 10.3. The zero-order valence-corrected chi connectivity index (χ0v) is 8.35. The minimum absolute atomic E-state index is 0.427. The maximum atomic E-state index is 5.55. The van der Waals surface area contributed by atoms with Gasteiger partial charge in [0.25, 0.3) is 0 Å². The summed E-state index contributed by atoms with van der Waals surface area (Å²) < 4.78 is 5.55. The van der Waals surface area contributed by atoms with Crippen LogP contribution in [-0.4, -0.2) is 15.6 Å². The van der Waals surface area contributed by atoms with Crippen LogP contribution in [0, 0.1) is 0 Å². The van der Waals surface area contributed by atoms with E-state index in [9.17, 15) is 0 Å². The molecule has 0 unspecified atom stereocenters. The fourth-order valence-corrected chi connectivity index (χ4v) is 1.50. The summed E-state index contributed by atoms with van der Waals surface area (Å²) in [5.74, 6) is 0. The smallest absolute Gasteiger partial charge is 0.179 e. The van der Waals surface area contributed by atoms with E-state index in [0.29, 0.717) is 5.04 Å². The van der Waals surface area contributed by atoms with E-state index in [4.69, 9.17) is 4.43 Å². The van der Waals surface area contributed by atoms with Crippen LogP contribution in [0.3, 0.4) is 0 Å². The predicted octanol–water partition coefficient (Wildman–Crippen LogP) is 2.18. The van der Waals surface area contributed by atoms with Gasteiger partial charge in [-0.05, 0) is 18.5 Å². The summed E-state index contributed by atoms with van der Waals surface area (Å²) in [5.41, 5.74) is 0. The molecule has 56 valence electrons. The molecule has 9 heavy (non-hydrogen) atoms. The van der Waals surface area contributed by atoms with Crippen molar-refractivity contribution in [1.82, 2.24) is 0 Å². The molecule has 0 saturated carbocycles. The van der Waals surface area contributed by atoms with Crippen LogP contribution in [0.5, 0.6) is 0 Å². The molecular formula is C7H18OSi. The molecule has 0 aromatic carbocycles. The van der Waals surface area contributed by atoms with Gasteiger partial charge in [0.15, 0.2) is 9.04 Å². The molecule has 0 spiro atoms. The average molecular weight is 146 g/mol. The number of rotatable bonds is 2. The van der Waals surface area contributed by atoms with Crippen LogP contribution in [-0.2, 0) is 4.43 Å². The second-order valence-electron chi connectivity index (χ2n) is 3.46. The molecule has 2 heteroatoms. The van der Waals surface area contributed by atoms with E-state index in [1.54, 1.807) is 0 Å². The van der Waals surface area contributed by atoms with Gasteiger partial charge in [0.2, 0.25) is 0 Å². The molecule has 0 N–H and O–H groups in total. The summed E-state index contributed by atoms with van der Waals surface area (Å²) in [7, 11) is -0.890. The Kier molecular flexibility index (Phi) is 3.44. The maximum Gasteiger partial charge on any atom is 0.179 e. The highest BCUT2D eigenvalue weighted by Gasteiger charge is 2.21. The molecule has 1 nitrogen and oxygen atoms in total. The monoisotopic (exact) mass is 146 g/mol. The molecular weight excluding hydrogens is 128 g/mol. The Morgan fingerprint density at radius 2 is 1.78 bits per heavy atom. The van der Waals surface area contributed by atoms with E-state index in [1.165, 1.54) is 0 Å². The lowest BCUT2D eigenvalue weighted by Gasteiger charge is -2.24. The Bertz CT molecular complexity index is 75.5. The summed E-state index contributed by atoms with van der Waals surface area (Å²) in [6.45, 7) is 11.9. The van der Waals surface area contributed by atoms with Crippen LogP contribution >= 0.6 is 0 Å². The van der Waals surface area contributed by atoms with Crippen LogP contribution < -0.4 is 0 Å². The van der Waals surface area contributed by atoms with Crippen molar-refractivity contribution in [2.24, 2.45) is 0 Å². The second kappa shape index (κ2) is 3.37. The van der Waals surface area contributed by atoms with Gasteiger partial charge in [0, 0.05) is 6.61 Å². The largest absolute Gasteiger partial charge is 0.420 e. The standard InChI is InChI=1S/C7H18OSi/c1-6-8-9(5)7(2,3)4/h9H,6H2,1-5H3/t9-/m1/s1. The van der Waals surface area contributed by atoms with Gasteiger partial charge in [0.1, 0.15) is 0 Å². The highest BCUT2D eigenvalue weighted by Crippen LogP contribution is 2.26. The van der Waals surface area contributed by atoms with Gasteiger partial charge in [-0.1, -0.05) is 20.8 Å². The van der Waals surface area contributed by atoms with Gasteiger partial charge < -0.3 is 4.43 Å². The second-order valence-corrected chi connectivity index (χ2v) is 6.81. The normalized spacial score (nSPS) is 15.7. The fraction of sp³-hybridized carbons (Fsp3) is 1.00. The zero-order chi connectivity index (χ0) is 7.49. The summed E-state index contributed by atoms with van der Waals surface area (Å²) in [6, 6.07) is 0. The molecule has 0 heterocycles. The molecule has 0 aliphatic heterocycles. The van der Waals surface area contributed by atoms with Gasteiger partial charge in [0.05, 0.1) is 0 Å². The van der Waals surface area contributed by atoms with E-state index >= 15 is 0 Å². The van der Waals surface area contributed by atoms with Gasteiger partial charge in [-0.15, -0.1) is 0 Å². The molecule has 0 aliphatic rings. The molecule has 0 amide bonds. The van der Waals surface area contributed by atoms with Crippen molar-refractivity contribution in [3.05, 3.63) is 0 Å². The zero-order valence-electron chi connectivity index (χ0n) is 7.19. The lowest BCUT2D eigenvalue weighted by Crippen LogP contribution is -2.25. The Morgan fingerprint density at radius 1 is 1.33 bits per heavy atom. The van der Waals surface area contributed by atoms with Crippen LogP contribution in [0.4, 0.5) is 0 Å². The molecule has 1 atom stereocenters. The Hall–Kier alpha value is 0.177. The summed E-state index contributed by atoms with van der Waals surface area (Å²) in [4.78, 5) is 0. The quantitative estimate of drug-likeness (QED) is 0.543. The van der Waals surface area contributed by atoms with E-state index in [2.05, 4.69) is 34.2 Å². The first-order chi connectivity index (χ1) is 3.98. The molecule has 0 bridgehead atoms. The van der Waals surface area contributed by atoms with E-state index in [0.717, 1.165) is 6.61 Å². The molecule has 0 saturated heterocycles. The van der Waals surface area contributed by atoms with Crippen LogP contribution in [0.15, 0.2) is 0 Å². The first-order valence-corrected chi connectivity index (χ1v) is 5.80. The first-order valence-electron chi connectivity index (χ1n) is 3.60. The van der Waals surface area contributed by atoms with Crippen LogP contribution in [0.2, 0.25) is 11.6 Å². The average Bonchev–Trinajstić information content (AvgIpc) is 1.64. The molecule has 0 radical (unpaired) electrons. The van der Waals surface area contributed by atoms with Crippen LogP contribution in [0.25, 0.3) is 0 Å². The van der Waals surface area contributed by atoms with Crippen molar-refractivity contribution >= 4 is 9.04 Å². The summed E-state index contributed by atoms with van der Waals surface area (Å²) in [5, 5.41) is 0.427. The molecule has 0 aliphatic carbocycles. The number of hydrogen-bond donors (Lipinski definition) is 0. The highest BCUT2D eigenvalue weighted by molar-refractivity contribution is 6.53.